The smallest absolute Gasteiger partial charge is 0.00461 e. The molecule has 2 N–H and O–H groups in total. The molecule has 0 heterocycles. The molecule has 0 rings (SSSR count). The van der Waals surface area contributed by atoms with Gasteiger partial charge in [-0.3, -0.25) is 0 Å². The van der Waals surface area contributed by atoms with E-state index < -0.39 is 0 Å². The monoisotopic (exact) mass is 85.1 g/mol. The molecule has 0 amide bonds. The van der Waals surface area contributed by atoms with Crippen molar-refractivity contribution in [2.45, 2.75) is 13.3 Å². The molecule has 0 aromatic rings. The van der Waals surface area contributed by atoms with E-state index in [1.165, 1.54) is 0 Å². The molecule has 0 aromatic heterocycles. The van der Waals surface area contributed by atoms with Gasteiger partial charge in [0.05, 0.1) is 0 Å². The van der Waals surface area contributed by atoms with E-state index in [2.05, 4.69) is 0 Å². The van der Waals surface area contributed by atoms with Gasteiger partial charge in [0.25, 0.3) is 0 Å². The summed E-state index contributed by atoms with van der Waals surface area (Å²) in [5.41, 5.74) is 5.16. The Morgan fingerprint density at radius 3 is 2.33 bits per heavy atom. The molecule has 0 aliphatic rings. The minimum Gasteiger partial charge on any atom is -0.330 e. The lowest BCUT2D eigenvalue weighted by Gasteiger charge is -1.98. The average molecular weight is 85.2 g/mol. The van der Waals surface area contributed by atoms with Gasteiger partial charge in [0.2, 0.25) is 0 Å². The second-order valence-electron chi connectivity index (χ2n) is 1.40. The maximum Gasteiger partial charge on any atom is -0.00461 e. The quantitative estimate of drug-likeness (QED) is 0.524. The van der Waals surface area contributed by atoms with Gasteiger partial charge in [0.15, 0.2) is 0 Å². The number of nitrogens with two attached hydrogens (primary N) is 1. The van der Waals surface area contributed by atoms with Crippen molar-refractivity contribution < 1.29 is 0 Å². The molecule has 36 valence electrons. The van der Waals surface area contributed by atoms with Gasteiger partial charge in [-0.1, -0.05) is 13.3 Å². The summed E-state index contributed by atoms with van der Waals surface area (Å²) in [6.45, 7) is 7.98. The fourth-order valence-electron chi connectivity index (χ4n) is 0.167. The third-order valence-electron chi connectivity index (χ3n) is 0.827. The van der Waals surface area contributed by atoms with Crippen LogP contribution in [0.15, 0.2) is 0 Å². The maximum absolute atomic E-state index is 5.35. The Hall–Kier alpha value is -0.0400. The molecule has 0 aliphatic carbocycles. The topological polar surface area (TPSA) is 26.0 Å². The van der Waals surface area contributed by atoms with Crippen molar-refractivity contribution in [2.24, 2.45) is 11.7 Å². The van der Waals surface area contributed by atoms with Gasteiger partial charge in [-0.2, -0.15) is 0 Å². The number of hydrogen-bond donors (Lipinski definition) is 1. The van der Waals surface area contributed by atoms with E-state index in [4.69, 9.17) is 12.7 Å². The van der Waals surface area contributed by atoms with Gasteiger partial charge in [-0.15, -0.1) is 0 Å². The summed E-state index contributed by atoms with van der Waals surface area (Å²) in [6, 6.07) is 0. The predicted molar refractivity (Wildman–Crippen MR) is 27.1 cm³/mol. The van der Waals surface area contributed by atoms with Crippen LogP contribution >= 0.6 is 0 Å². The molecule has 1 atom stereocenters. The van der Waals surface area contributed by atoms with Crippen LogP contribution in [0.1, 0.15) is 13.3 Å². The molecule has 0 aromatic carbocycles. The molecular weight excluding hydrogens is 74.1 g/mol. The molecule has 1 unspecified atom stereocenters. The van der Waals surface area contributed by atoms with Crippen LogP contribution in [0.2, 0.25) is 0 Å². The van der Waals surface area contributed by atoms with Crippen molar-refractivity contribution in [2.75, 3.05) is 6.54 Å². The lowest BCUT2D eigenvalue weighted by atomic mass is 10.1. The highest BCUT2D eigenvalue weighted by molar-refractivity contribution is 4.56. The predicted octanol–water partition coefficient (Wildman–Crippen LogP) is 0.682. The molecule has 0 spiro atoms. The van der Waals surface area contributed by atoms with E-state index in [1.54, 1.807) is 0 Å². The molecule has 6 heavy (non-hydrogen) atoms. The van der Waals surface area contributed by atoms with E-state index in [9.17, 15) is 0 Å². The SMILES string of the molecule is [CH]C(CC)CN. The Bertz CT molecular complexity index is 23.1. The maximum atomic E-state index is 5.35. The summed E-state index contributed by atoms with van der Waals surface area (Å²) < 4.78 is 0. The molecule has 0 aliphatic heterocycles. The van der Waals surface area contributed by atoms with Crippen molar-refractivity contribution in [3.63, 3.8) is 0 Å². The Kier molecular flexibility index (Phi) is 3.14. The van der Waals surface area contributed by atoms with Crippen LogP contribution in [-0.2, 0) is 0 Å². The van der Waals surface area contributed by atoms with Crippen LogP contribution in [0.4, 0.5) is 0 Å². The first-order chi connectivity index (χ1) is 2.81. The highest BCUT2D eigenvalue weighted by Crippen LogP contribution is 1.93. The second-order valence-corrected chi connectivity index (χ2v) is 1.40. The van der Waals surface area contributed by atoms with Crippen LogP contribution in [0.25, 0.3) is 0 Å². The molecule has 1 nitrogen and oxygen atoms in total. The van der Waals surface area contributed by atoms with Crippen LogP contribution in [-0.4, -0.2) is 6.54 Å². The summed E-state index contributed by atoms with van der Waals surface area (Å²) in [6.07, 6.45) is 0.983. The number of rotatable bonds is 2. The van der Waals surface area contributed by atoms with Crippen LogP contribution in [0.5, 0.6) is 0 Å². The molecule has 0 saturated heterocycles. The van der Waals surface area contributed by atoms with Gasteiger partial charge in [0, 0.05) is 0 Å². The van der Waals surface area contributed by atoms with Crippen molar-refractivity contribution in [3.05, 3.63) is 6.92 Å². The van der Waals surface area contributed by atoms with Crippen LogP contribution in [0.3, 0.4) is 0 Å². The summed E-state index contributed by atoms with van der Waals surface area (Å²) in [7, 11) is 0. The largest absolute Gasteiger partial charge is 0.330 e. The van der Waals surface area contributed by atoms with Gasteiger partial charge in [0.1, 0.15) is 0 Å². The van der Waals surface area contributed by atoms with Gasteiger partial charge in [-0.05, 0) is 19.4 Å². The Morgan fingerprint density at radius 2 is 2.33 bits per heavy atom. The standard InChI is InChI=1S/C5H11N/c1-3-5(2)4-6/h2,5H,3-4,6H2,1H3. The minimum absolute atomic E-state index is 0.213. The lowest BCUT2D eigenvalue weighted by molar-refractivity contribution is 0.636. The second kappa shape index (κ2) is 3.16. The van der Waals surface area contributed by atoms with Gasteiger partial charge < -0.3 is 5.73 Å². The lowest BCUT2D eigenvalue weighted by Crippen LogP contribution is -2.08. The van der Waals surface area contributed by atoms with E-state index in [1.807, 2.05) is 6.92 Å². The zero-order valence-corrected chi connectivity index (χ0v) is 4.15. The highest BCUT2D eigenvalue weighted by Gasteiger charge is 1.89. The van der Waals surface area contributed by atoms with Crippen molar-refractivity contribution in [1.29, 1.82) is 0 Å². The van der Waals surface area contributed by atoms with Crippen molar-refractivity contribution in [3.8, 4) is 0 Å². The Labute approximate surface area is 39.5 Å². The molecule has 0 saturated carbocycles. The van der Waals surface area contributed by atoms with Gasteiger partial charge >= 0.3 is 0 Å². The minimum atomic E-state index is 0.213. The Balaban J connectivity index is 2.75. The highest BCUT2D eigenvalue weighted by atomic mass is 14.5. The van der Waals surface area contributed by atoms with E-state index in [0.717, 1.165) is 6.42 Å². The normalized spacial score (nSPS) is 14.5. The molecule has 0 fully saturated rings. The summed E-state index contributed by atoms with van der Waals surface area (Å²) >= 11 is 0. The molecule has 2 radical (unpaired) electrons. The summed E-state index contributed by atoms with van der Waals surface area (Å²) in [5.74, 6) is 0.213. The first-order valence-corrected chi connectivity index (χ1v) is 2.27. The van der Waals surface area contributed by atoms with E-state index in [-0.39, 0.29) is 5.92 Å². The number of hydrogen-bond acceptors (Lipinski definition) is 1. The fraction of sp³-hybridized carbons (Fsp3) is 0.800. The summed E-state index contributed by atoms with van der Waals surface area (Å²) in [4.78, 5) is 0. The van der Waals surface area contributed by atoms with Crippen LogP contribution in [0, 0.1) is 12.8 Å². The van der Waals surface area contributed by atoms with Crippen molar-refractivity contribution >= 4 is 0 Å². The molecular formula is C5H11N. The zero-order valence-electron chi connectivity index (χ0n) is 4.15. The summed E-state index contributed by atoms with van der Waals surface area (Å²) in [5, 5.41) is 0. The average Bonchev–Trinajstić information content (AvgIpc) is 1.65. The van der Waals surface area contributed by atoms with Crippen LogP contribution < -0.4 is 5.73 Å². The van der Waals surface area contributed by atoms with E-state index >= 15 is 0 Å². The third-order valence-corrected chi connectivity index (χ3v) is 0.827. The molecule has 0 bridgehead atoms. The van der Waals surface area contributed by atoms with E-state index in [0.29, 0.717) is 6.54 Å². The first-order valence-electron chi connectivity index (χ1n) is 2.27. The fourth-order valence-corrected chi connectivity index (χ4v) is 0.167. The Morgan fingerprint density at radius 1 is 1.83 bits per heavy atom. The van der Waals surface area contributed by atoms with Crippen molar-refractivity contribution in [1.82, 2.24) is 0 Å². The van der Waals surface area contributed by atoms with Gasteiger partial charge in [-0.25, -0.2) is 0 Å². The molecule has 1 heteroatoms. The zero-order chi connectivity index (χ0) is 4.99. The first kappa shape index (κ1) is 5.96. The third kappa shape index (κ3) is 2.21.